The summed E-state index contributed by atoms with van der Waals surface area (Å²) in [7, 11) is 4.47. The van der Waals surface area contributed by atoms with Crippen LogP contribution < -0.4 is 4.74 Å². The third-order valence-electron chi connectivity index (χ3n) is 14.2. The summed E-state index contributed by atoms with van der Waals surface area (Å²) >= 11 is 0. The zero-order valence-corrected chi connectivity index (χ0v) is 39.0. The lowest BCUT2D eigenvalue weighted by Crippen LogP contribution is -2.64. The number of alkyl halides is 1. The van der Waals surface area contributed by atoms with Crippen molar-refractivity contribution in [2.24, 2.45) is 29.6 Å². The second-order valence-corrected chi connectivity index (χ2v) is 18.7. The molecule has 1 aromatic rings. The highest BCUT2D eigenvalue weighted by atomic mass is 19.1. The van der Waals surface area contributed by atoms with Gasteiger partial charge in [-0.15, -0.1) is 0 Å². The van der Waals surface area contributed by atoms with Crippen LogP contribution in [0, 0.1) is 35.4 Å². The van der Waals surface area contributed by atoms with Crippen LogP contribution in [0.5, 0.6) is 5.75 Å². The average molecular weight is 904 g/mol. The van der Waals surface area contributed by atoms with E-state index in [9.17, 15) is 33.8 Å². The fourth-order valence-electron chi connectivity index (χ4n) is 10.1. The number of esters is 1. The maximum atomic E-state index is 16.3. The number of methoxy groups -OCH3 is 3. The lowest BCUT2D eigenvalue weighted by Gasteiger charge is -2.47. The molecule has 13 nitrogen and oxygen atoms in total. The number of piperidine rings is 1. The van der Waals surface area contributed by atoms with Crippen LogP contribution in [0.2, 0.25) is 0 Å². The minimum atomic E-state index is -2.62. The van der Waals surface area contributed by atoms with Gasteiger partial charge in [-0.25, -0.2) is 13.6 Å². The number of fused-ring (bicyclic) bond motifs is 3. The summed E-state index contributed by atoms with van der Waals surface area (Å²) in [5.74, 6) is -9.12. The van der Waals surface area contributed by atoms with Gasteiger partial charge in [0.25, 0.3) is 11.7 Å². The van der Waals surface area contributed by atoms with E-state index in [2.05, 4.69) is 0 Å². The van der Waals surface area contributed by atoms with E-state index in [1.165, 1.54) is 26.4 Å². The van der Waals surface area contributed by atoms with E-state index in [1.54, 1.807) is 59.9 Å². The quantitative estimate of drug-likeness (QED) is 0.162. The third kappa shape index (κ3) is 11.9. The van der Waals surface area contributed by atoms with Crippen LogP contribution in [-0.4, -0.2) is 127 Å². The Morgan fingerprint density at radius 2 is 1.58 bits per heavy atom. The van der Waals surface area contributed by atoms with Crippen molar-refractivity contribution in [1.29, 1.82) is 0 Å². The first-order chi connectivity index (χ1) is 30.4. The van der Waals surface area contributed by atoms with E-state index in [0.717, 1.165) is 4.90 Å². The van der Waals surface area contributed by atoms with Crippen molar-refractivity contribution in [2.75, 3.05) is 27.9 Å². The van der Waals surface area contributed by atoms with Gasteiger partial charge in [0.15, 0.2) is 0 Å². The number of ether oxygens (including phenoxy) is 6. The summed E-state index contributed by atoms with van der Waals surface area (Å²) in [5, 5.41) is 23.8. The number of cyclic esters (lactones) is 1. The largest absolute Gasteiger partial charge is 0.488 e. The van der Waals surface area contributed by atoms with Gasteiger partial charge in [-0.2, -0.15) is 0 Å². The Hall–Kier alpha value is -3.60. The highest BCUT2D eigenvalue weighted by Gasteiger charge is 2.57. The van der Waals surface area contributed by atoms with Gasteiger partial charge in [0.2, 0.25) is 5.79 Å². The van der Waals surface area contributed by atoms with E-state index in [-0.39, 0.29) is 62.0 Å². The Labute approximate surface area is 377 Å². The normalized spacial score (nSPS) is 38.1. The molecule has 0 radical (unpaired) electrons. The van der Waals surface area contributed by atoms with Gasteiger partial charge in [0.1, 0.15) is 47.9 Å². The molecule has 0 spiro atoms. The Morgan fingerprint density at radius 3 is 2.22 bits per heavy atom. The summed E-state index contributed by atoms with van der Waals surface area (Å²) in [6, 6.07) is 4.60. The number of halogens is 2. The van der Waals surface area contributed by atoms with Gasteiger partial charge in [-0.3, -0.25) is 14.4 Å². The molecule has 1 amide bonds. The molecule has 3 aliphatic heterocycles. The van der Waals surface area contributed by atoms with Crippen molar-refractivity contribution in [2.45, 2.75) is 166 Å². The first-order valence-corrected chi connectivity index (χ1v) is 23.0. The number of hydrogen-bond acceptors (Lipinski definition) is 12. The predicted octanol–water partition coefficient (Wildman–Crippen LogP) is 6.65. The standard InChI is InChI=1S/C49H71F2NO12/c1-10-33-22-27(2)43(51)28(3)23-41(60-8)45-42(61-9)24-30(5)49(58,64-45)46(55)47(56)52-20-12-11-13-36(52)48(57)63-44(31(6)37(53)26-38(33)54)29(4)21-32-14-19-39(40(25-32)59-7)62-35-17-15-34(50)16-18-35/h15-18,21-22,28,30-33,36-37,39-45,53,58H,10-14,19-20,23-26H2,1-9H3. The SMILES string of the molecule is CCC1C=C(C)C(F)C(C)CC(OC)C2OC(O)(C(=O)C(=O)N3CCCCC3C(=O)OC(C(C)=CC3CCC(Oc4ccc(F)cc4)C(OC)C3)C(C)C(O)CC1=O)C(C)CC2OC. The molecule has 2 bridgehead atoms. The number of amides is 1. The lowest BCUT2D eigenvalue weighted by atomic mass is 9.81. The minimum absolute atomic E-state index is 0.0353. The second kappa shape index (κ2) is 22.7. The fraction of sp³-hybridized carbons (Fsp3) is 0.714. The number of ketones is 2. The van der Waals surface area contributed by atoms with E-state index < -0.39 is 89.9 Å². The number of hydrogen-bond donors (Lipinski definition) is 2. The van der Waals surface area contributed by atoms with Crippen LogP contribution in [0.15, 0.2) is 47.6 Å². The molecule has 64 heavy (non-hydrogen) atoms. The number of nitrogens with zero attached hydrogens (tertiary/aromatic N) is 1. The molecule has 15 atom stereocenters. The fourth-order valence-corrected chi connectivity index (χ4v) is 10.1. The van der Waals surface area contributed by atoms with Crippen molar-refractivity contribution in [1.82, 2.24) is 4.90 Å². The smallest absolute Gasteiger partial charge is 0.329 e. The highest BCUT2D eigenvalue weighted by Crippen LogP contribution is 2.40. The van der Waals surface area contributed by atoms with Crippen molar-refractivity contribution in [3.8, 4) is 5.75 Å². The Kier molecular flexibility index (Phi) is 18.3. The zero-order valence-electron chi connectivity index (χ0n) is 39.0. The number of rotatable bonds is 8. The number of carbonyl (C=O) groups is 4. The molecule has 358 valence electrons. The van der Waals surface area contributed by atoms with Gasteiger partial charge >= 0.3 is 5.97 Å². The lowest BCUT2D eigenvalue weighted by molar-refractivity contribution is -0.302. The van der Waals surface area contributed by atoms with Crippen LogP contribution in [0.4, 0.5) is 8.78 Å². The third-order valence-corrected chi connectivity index (χ3v) is 14.2. The number of carbonyl (C=O) groups excluding carboxylic acids is 4. The maximum absolute atomic E-state index is 16.3. The second-order valence-electron chi connectivity index (χ2n) is 18.7. The van der Waals surface area contributed by atoms with Gasteiger partial charge in [0.05, 0.1) is 24.4 Å². The van der Waals surface area contributed by atoms with Gasteiger partial charge in [-0.1, -0.05) is 39.8 Å². The Bertz CT molecular complexity index is 1820. The number of benzene rings is 1. The molecule has 2 N–H and O–H groups in total. The zero-order chi connectivity index (χ0) is 47.0. The molecule has 15 heteroatoms. The summed E-state index contributed by atoms with van der Waals surface area (Å²) in [4.78, 5) is 58.1. The van der Waals surface area contributed by atoms with Crippen molar-refractivity contribution < 1.29 is 66.6 Å². The summed E-state index contributed by atoms with van der Waals surface area (Å²) in [6.07, 6.45) is -0.269. The number of aliphatic hydroxyl groups excluding tert-OH is 1. The van der Waals surface area contributed by atoms with E-state index >= 15 is 4.39 Å². The number of allylic oxidation sites excluding steroid dienone is 3. The Morgan fingerprint density at radius 1 is 0.922 bits per heavy atom. The van der Waals surface area contributed by atoms with E-state index in [4.69, 9.17) is 28.4 Å². The molecule has 4 aliphatic rings. The van der Waals surface area contributed by atoms with Crippen LogP contribution >= 0.6 is 0 Å². The number of aliphatic hydroxyl groups is 2. The molecule has 5 rings (SSSR count). The highest BCUT2D eigenvalue weighted by molar-refractivity contribution is 6.39. The first-order valence-electron chi connectivity index (χ1n) is 23.0. The van der Waals surface area contributed by atoms with Gasteiger partial charge < -0.3 is 43.5 Å². The van der Waals surface area contributed by atoms with Gasteiger partial charge in [0, 0.05) is 52.0 Å². The predicted molar refractivity (Wildman–Crippen MR) is 233 cm³/mol. The number of Topliss-reactive ketones (excluding diaryl/α,β-unsaturated/α-hetero) is 2. The summed E-state index contributed by atoms with van der Waals surface area (Å²) < 4.78 is 66.0. The van der Waals surface area contributed by atoms with Crippen LogP contribution in [0.3, 0.4) is 0 Å². The molecule has 2 saturated heterocycles. The molecule has 1 aromatic carbocycles. The average Bonchev–Trinajstić information content (AvgIpc) is 3.29. The van der Waals surface area contributed by atoms with Crippen LogP contribution in [0.25, 0.3) is 0 Å². The molecule has 0 aromatic heterocycles. The van der Waals surface area contributed by atoms with Gasteiger partial charge in [-0.05, 0) is 119 Å². The van der Waals surface area contributed by atoms with Crippen molar-refractivity contribution >= 4 is 23.4 Å². The van der Waals surface area contributed by atoms with Crippen LogP contribution in [0.1, 0.15) is 106 Å². The minimum Gasteiger partial charge on any atom is -0.488 e. The van der Waals surface area contributed by atoms with Crippen LogP contribution in [-0.2, 0) is 42.9 Å². The van der Waals surface area contributed by atoms with Crippen molar-refractivity contribution in [3.05, 3.63) is 53.4 Å². The molecule has 1 aliphatic carbocycles. The molecule has 3 fully saturated rings. The summed E-state index contributed by atoms with van der Waals surface area (Å²) in [5.41, 5.74) is 0.930. The van der Waals surface area contributed by atoms with E-state index in [1.807, 2.05) is 13.0 Å². The monoisotopic (exact) mass is 903 g/mol. The molecule has 15 unspecified atom stereocenters. The molecule has 1 saturated carbocycles. The maximum Gasteiger partial charge on any atom is 0.329 e. The molecular formula is C49H71F2NO12. The Balaban J connectivity index is 1.50. The van der Waals surface area contributed by atoms with E-state index in [0.29, 0.717) is 55.4 Å². The molecule has 3 heterocycles. The molecular weight excluding hydrogens is 833 g/mol. The topological polar surface area (TPSA) is 167 Å². The first kappa shape index (κ1) is 51.4. The van der Waals surface area contributed by atoms with Crippen molar-refractivity contribution in [3.63, 3.8) is 0 Å². The summed E-state index contributed by atoms with van der Waals surface area (Å²) in [6.45, 7) is 10.2.